The maximum atomic E-state index is 10.2. The minimum Gasteiger partial charge on any atom is -0.420 e. The molecule has 2 aromatic carbocycles. The Morgan fingerprint density at radius 3 is 1.91 bits per heavy atom. The number of halogens is 2. The molecule has 2 aromatic rings. The fourth-order valence-electron chi connectivity index (χ4n) is 1.30. The van der Waals surface area contributed by atoms with Crippen LogP contribution in [0.3, 0.4) is 0 Å². The monoisotopic (exact) mass is 384 g/mol. The molecule has 0 saturated carbocycles. The second kappa shape index (κ2) is 11.2. The van der Waals surface area contributed by atoms with Crippen molar-refractivity contribution in [2.75, 3.05) is 5.32 Å². The second-order valence-electron chi connectivity index (χ2n) is 3.70. The van der Waals surface area contributed by atoms with Gasteiger partial charge in [0.25, 0.3) is 0 Å². The summed E-state index contributed by atoms with van der Waals surface area (Å²) < 4.78 is 20.4. The molecule has 0 aliphatic carbocycles. The predicted octanol–water partition coefficient (Wildman–Crippen LogP) is 1.01. The summed E-state index contributed by atoms with van der Waals surface area (Å²) in [4.78, 5) is 0.331. The van der Waals surface area contributed by atoms with Gasteiger partial charge in [-0.15, -0.1) is 0 Å². The SMILES string of the molecule is NC(=S)Nc1cc(Cl)cc(Cl)c1.O=[S-](=O)c1ccccc1.[Na+]. The summed E-state index contributed by atoms with van der Waals surface area (Å²) in [5.74, 6) is 0. The van der Waals surface area contributed by atoms with E-state index in [0.717, 1.165) is 0 Å². The van der Waals surface area contributed by atoms with Crippen molar-refractivity contribution >= 4 is 56.9 Å². The van der Waals surface area contributed by atoms with Gasteiger partial charge in [0.2, 0.25) is 0 Å². The Hall–Kier alpha value is -0.340. The van der Waals surface area contributed by atoms with Crippen molar-refractivity contribution < 1.29 is 38.0 Å². The summed E-state index contributed by atoms with van der Waals surface area (Å²) in [5, 5.41) is 4.00. The maximum absolute atomic E-state index is 10.2. The largest absolute Gasteiger partial charge is 1.00 e. The van der Waals surface area contributed by atoms with Gasteiger partial charge in [0.1, 0.15) is 0 Å². The molecule has 112 valence electrons. The van der Waals surface area contributed by atoms with Crippen molar-refractivity contribution in [3.8, 4) is 0 Å². The van der Waals surface area contributed by atoms with Gasteiger partial charge < -0.3 is 19.5 Å². The Balaban J connectivity index is 0.000000397. The molecule has 0 radical (unpaired) electrons. The predicted molar refractivity (Wildman–Crippen MR) is 90.3 cm³/mol. The average Bonchev–Trinajstić information content (AvgIpc) is 2.38. The molecule has 3 N–H and O–H groups in total. The molecule has 0 unspecified atom stereocenters. The van der Waals surface area contributed by atoms with Crippen LogP contribution in [0.25, 0.3) is 0 Å². The zero-order valence-corrected chi connectivity index (χ0v) is 16.7. The normalized spacial score (nSPS) is 9.23. The molecule has 0 aromatic heterocycles. The van der Waals surface area contributed by atoms with Crippen LogP contribution in [0.1, 0.15) is 0 Å². The van der Waals surface area contributed by atoms with Gasteiger partial charge in [-0.2, -0.15) is 0 Å². The van der Waals surface area contributed by atoms with Gasteiger partial charge in [0.15, 0.2) is 5.11 Å². The molecular formula is C13H11Cl2N2NaO2S2. The van der Waals surface area contributed by atoms with Crippen LogP contribution >= 0.6 is 35.4 Å². The topological polar surface area (TPSA) is 72.2 Å². The molecule has 22 heavy (non-hydrogen) atoms. The van der Waals surface area contributed by atoms with Gasteiger partial charge in [0, 0.05) is 15.7 Å². The summed E-state index contributed by atoms with van der Waals surface area (Å²) in [6, 6.07) is 13.2. The molecule has 2 rings (SSSR count). The molecule has 9 heteroatoms. The molecule has 0 saturated heterocycles. The molecule has 0 fully saturated rings. The summed E-state index contributed by atoms with van der Waals surface area (Å²) in [5.41, 5.74) is 5.95. The first-order valence-corrected chi connectivity index (χ1v) is 7.79. The standard InChI is InChI=1S/C7H6Cl2N2S.C6H5O2S.Na/c8-4-1-5(9)3-6(2-4)11-7(10)12;7-9(8)6-4-2-1-3-5-6;/h1-3H,(H3,10,11,12);1-5H;/q;-1;+1. The molecule has 0 spiro atoms. The molecule has 0 bridgehead atoms. The minimum absolute atomic E-state index is 0. The van der Waals surface area contributed by atoms with Crippen LogP contribution in [0.2, 0.25) is 10.0 Å². The minimum atomic E-state index is -2.08. The summed E-state index contributed by atoms with van der Waals surface area (Å²) in [7, 11) is -2.08. The van der Waals surface area contributed by atoms with Crippen molar-refractivity contribution in [3.63, 3.8) is 0 Å². The number of hydrogen-bond acceptors (Lipinski definition) is 4. The molecule has 0 aliphatic rings. The Kier molecular flexibility index (Phi) is 11.1. The van der Waals surface area contributed by atoms with Crippen LogP contribution < -0.4 is 40.6 Å². The number of thiocarbonyl (C=S) groups is 1. The number of benzene rings is 2. The Morgan fingerprint density at radius 2 is 1.55 bits per heavy atom. The number of nitrogens with two attached hydrogens (primary N) is 1. The fourth-order valence-corrected chi connectivity index (χ4v) is 2.32. The van der Waals surface area contributed by atoms with Crippen LogP contribution in [-0.4, -0.2) is 5.11 Å². The van der Waals surface area contributed by atoms with Crippen LogP contribution in [0, 0.1) is 0 Å². The van der Waals surface area contributed by atoms with E-state index in [4.69, 9.17) is 28.9 Å². The number of anilines is 1. The van der Waals surface area contributed by atoms with Gasteiger partial charge in [-0.1, -0.05) is 58.4 Å². The Morgan fingerprint density at radius 1 is 1.05 bits per heavy atom. The first-order chi connectivity index (χ1) is 9.88. The van der Waals surface area contributed by atoms with Gasteiger partial charge in [0.05, 0.1) is 0 Å². The van der Waals surface area contributed by atoms with Crippen LogP contribution in [-0.2, 0) is 19.1 Å². The number of hydrogen-bond donors (Lipinski definition) is 2. The van der Waals surface area contributed by atoms with Gasteiger partial charge >= 0.3 is 29.6 Å². The van der Waals surface area contributed by atoms with E-state index in [9.17, 15) is 8.42 Å². The van der Waals surface area contributed by atoms with Crippen LogP contribution in [0.5, 0.6) is 0 Å². The van der Waals surface area contributed by atoms with Crippen molar-refractivity contribution in [2.24, 2.45) is 5.73 Å². The average molecular weight is 385 g/mol. The summed E-state index contributed by atoms with van der Waals surface area (Å²) in [6.45, 7) is 0. The first kappa shape index (κ1) is 21.7. The number of nitrogens with one attached hydrogen (secondary N) is 1. The van der Waals surface area contributed by atoms with Gasteiger partial charge in [-0.25, -0.2) is 0 Å². The third-order valence-electron chi connectivity index (χ3n) is 2.07. The van der Waals surface area contributed by atoms with E-state index in [-0.39, 0.29) is 34.7 Å². The van der Waals surface area contributed by atoms with E-state index in [1.807, 2.05) is 0 Å². The van der Waals surface area contributed by atoms with Crippen LogP contribution in [0.4, 0.5) is 5.69 Å². The Labute approximate surface area is 168 Å². The smallest absolute Gasteiger partial charge is 0.420 e. The van der Waals surface area contributed by atoms with Crippen molar-refractivity contribution in [3.05, 3.63) is 58.6 Å². The third-order valence-corrected chi connectivity index (χ3v) is 3.26. The zero-order valence-electron chi connectivity index (χ0n) is 11.6. The summed E-state index contributed by atoms with van der Waals surface area (Å²) in [6.07, 6.45) is 0. The summed E-state index contributed by atoms with van der Waals surface area (Å²) >= 11 is 16.1. The third kappa shape index (κ3) is 8.95. The van der Waals surface area contributed by atoms with Gasteiger partial charge in [-0.05, 0) is 41.1 Å². The van der Waals surface area contributed by atoms with Crippen molar-refractivity contribution in [1.82, 2.24) is 0 Å². The molecule has 0 amide bonds. The number of rotatable bonds is 2. The van der Waals surface area contributed by atoms with E-state index in [1.165, 1.54) is 0 Å². The fraction of sp³-hybridized carbons (Fsp3) is 0. The van der Waals surface area contributed by atoms with Crippen molar-refractivity contribution in [1.29, 1.82) is 0 Å². The second-order valence-corrected chi connectivity index (χ2v) is 5.95. The van der Waals surface area contributed by atoms with E-state index in [2.05, 4.69) is 17.5 Å². The first-order valence-electron chi connectivity index (χ1n) is 5.55. The molecular weight excluding hydrogens is 374 g/mol. The molecule has 0 aliphatic heterocycles. The van der Waals surface area contributed by atoms with E-state index in [0.29, 0.717) is 20.6 Å². The molecule has 0 atom stereocenters. The van der Waals surface area contributed by atoms with Crippen LogP contribution in [0.15, 0.2) is 53.4 Å². The molecule has 4 nitrogen and oxygen atoms in total. The zero-order chi connectivity index (χ0) is 15.8. The Bertz CT molecular complexity index is 669. The van der Waals surface area contributed by atoms with E-state index >= 15 is 0 Å². The maximum Gasteiger partial charge on any atom is 1.00 e. The molecule has 0 heterocycles. The van der Waals surface area contributed by atoms with E-state index < -0.39 is 10.7 Å². The quantitative estimate of drug-likeness (QED) is 0.459. The van der Waals surface area contributed by atoms with Crippen molar-refractivity contribution in [2.45, 2.75) is 4.90 Å². The van der Waals surface area contributed by atoms with Gasteiger partial charge in [-0.3, -0.25) is 0 Å². The van der Waals surface area contributed by atoms with E-state index in [1.54, 1.807) is 48.5 Å².